The van der Waals surface area contributed by atoms with Crippen molar-refractivity contribution in [2.75, 3.05) is 0 Å². The van der Waals surface area contributed by atoms with Gasteiger partial charge in [0.25, 0.3) is 0 Å². The van der Waals surface area contributed by atoms with Crippen LogP contribution in [0.4, 0.5) is 0 Å². The van der Waals surface area contributed by atoms with Crippen LogP contribution in [0.15, 0.2) is 96.1 Å². The van der Waals surface area contributed by atoms with Gasteiger partial charge in [-0.3, -0.25) is 0 Å². The Morgan fingerprint density at radius 2 is 0.870 bits per heavy atom. The van der Waals surface area contributed by atoms with E-state index in [1.807, 2.05) is 0 Å². The molecular formula is C45H64Hf. The van der Waals surface area contributed by atoms with Gasteiger partial charge in [-0.05, 0) is 95.3 Å². The number of rotatable bonds is 4. The van der Waals surface area contributed by atoms with Gasteiger partial charge < -0.3 is 29.7 Å². The normalized spacial score (nSPS) is 25.3. The molecule has 46 heavy (non-hydrogen) atoms. The first-order chi connectivity index (χ1) is 19.4. The van der Waals surface area contributed by atoms with E-state index in [4.69, 9.17) is 0 Å². The maximum absolute atomic E-state index is 2.75. The van der Waals surface area contributed by atoms with Gasteiger partial charge >= 0.3 is 25.8 Å². The third-order valence-corrected chi connectivity index (χ3v) is 11.2. The zero-order valence-electron chi connectivity index (χ0n) is 31.4. The third kappa shape index (κ3) is 7.31. The topological polar surface area (TPSA) is 0 Å². The summed E-state index contributed by atoms with van der Waals surface area (Å²) in [4.78, 5) is 0. The molecule has 2 aromatic carbocycles. The van der Waals surface area contributed by atoms with Crippen LogP contribution in [0.1, 0.15) is 89.5 Å². The van der Waals surface area contributed by atoms with Crippen LogP contribution in [0, 0.1) is 89.9 Å². The predicted molar refractivity (Wildman–Crippen MR) is 202 cm³/mol. The third-order valence-electron chi connectivity index (χ3n) is 11.2. The van der Waals surface area contributed by atoms with Crippen molar-refractivity contribution in [3.05, 3.63) is 148 Å². The second-order valence-corrected chi connectivity index (χ2v) is 15.9. The van der Waals surface area contributed by atoms with Crippen LogP contribution >= 0.6 is 0 Å². The van der Waals surface area contributed by atoms with Crippen molar-refractivity contribution in [1.29, 1.82) is 0 Å². The van der Waals surface area contributed by atoms with Crippen molar-refractivity contribution in [3.8, 4) is 0 Å². The molecule has 2 fully saturated rings. The molecule has 4 aliphatic rings. The van der Waals surface area contributed by atoms with Gasteiger partial charge in [0.1, 0.15) is 0 Å². The smallest absolute Gasteiger partial charge is 0.358 e. The van der Waals surface area contributed by atoms with Crippen LogP contribution in [0.5, 0.6) is 0 Å². The van der Waals surface area contributed by atoms with Crippen molar-refractivity contribution in [2.24, 2.45) is 46.3 Å². The number of fused-ring (bicyclic) bond motifs is 3. The summed E-state index contributed by atoms with van der Waals surface area (Å²) in [7, 11) is 0. The van der Waals surface area contributed by atoms with Crippen molar-refractivity contribution < 1.29 is 25.8 Å². The van der Waals surface area contributed by atoms with Crippen LogP contribution < -0.4 is 0 Å². The van der Waals surface area contributed by atoms with Gasteiger partial charge in [-0.1, -0.05) is 150 Å². The molecule has 2 saturated carbocycles. The second kappa shape index (κ2) is 15.7. The van der Waals surface area contributed by atoms with Crippen LogP contribution in [0.25, 0.3) is 0 Å². The Balaban J connectivity index is 0.00000212. The van der Waals surface area contributed by atoms with E-state index in [2.05, 4.69) is 140 Å². The van der Waals surface area contributed by atoms with Crippen LogP contribution in [0.3, 0.4) is 0 Å². The first-order valence-electron chi connectivity index (χ1n) is 16.4. The molecule has 4 unspecified atom stereocenters. The van der Waals surface area contributed by atoms with E-state index in [9.17, 15) is 0 Å². The van der Waals surface area contributed by atoms with Crippen molar-refractivity contribution in [2.45, 2.75) is 86.5 Å². The standard InChI is InChI=1S/C41H52.4CH3.Hf/c1-27-13-17-30(18-14-27)41(29-11-9-10-12-29,31-19-15-28(2)16-20-31)38-36-25-32(39(3,4)5)21-23-34(36)35-24-22-33(26-37(35)38)40(6,7)8;;;;;/h13-26,29,34-38H,9-12H2,1-8H3;4*1H3;/q;4*-1;+4. The van der Waals surface area contributed by atoms with Crippen LogP contribution in [0.2, 0.25) is 0 Å². The van der Waals surface area contributed by atoms with Gasteiger partial charge in [-0.15, -0.1) is 0 Å². The number of aryl methyl sites for hydroxylation is 2. The number of allylic oxidation sites excluding steroid dienone is 8. The largest absolute Gasteiger partial charge is 4.00 e. The van der Waals surface area contributed by atoms with Crippen molar-refractivity contribution in [3.63, 3.8) is 0 Å². The average Bonchev–Trinajstić information content (AvgIpc) is 3.57. The van der Waals surface area contributed by atoms with Crippen molar-refractivity contribution in [1.82, 2.24) is 0 Å². The molecule has 1 heteroatoms. The summed E-state index contributed by atoms with van der Waals surface area (Å²) in [5, 5.41) is 0. The molecule has 0 bridgehead atoms. The van der Waals surface area contributed by atoms with Crippen molar-refractivity contribution >= 4 is 0 Å². The Morgan fingerprint density at radius 1 is 0.522 bits per heavy atom. The fourth-order valence-corrected chi connectivity index (χ4v) is 9.09. The molecule has 0 saturated heterocycles. The minimum Gasteiger partial charge on any atom is -0.358 e. The fourth-order valence-electron chi connectivity index (χ4n) is 9.09. The summed E-state index contributed by atoms with van der Waals surface area (Å²) in [6.07, 6.45) is 21.0. The quantitative estimate of drug-likeness (QED) is 0.214. The first-order valence-corrected chi connectivity index (χ1v) is 16.4. The van der Waals surface area contributed by atoms with E-state index in [1.54, 1.807) is 11.1 Å². The molecule has 0 aliphatic heterocycles. The summed E-state index contributed by atoms with van der Waals surface area (Å²) in [5.74, 6) is 3.24. The monoisotopic (exact) mass is 784 g/mol. The molecule has 248 valence electrons. The summed E-state index contributed by atoms with van der Waals surface area (Å²) in [6.45, 7) is 18.8. The maximum Gasteiger partial charge on any atom is 4.00 e. The summed E-state index contributed by atoms with van der Waals surface area (Å²) in [5.41, 5.74) is 9.08. The van der Waals surface area contributed by atoms with E-state index < -0.39 is 0 Å². The van der Waals surface area contributed by atoms with Gasteiger partial charge in [0.15, 0.2) is 0 Å². The first kappa shape index (κ1) is 42.3. The van der Waals surface area contributed by atoms with E-state index in [-0.39, 0.29) is 71.8 Å². The number of hydrogen-bond acceptors (Lipinski definition) is 0. The van der Waals surface area contributed by atoms with E-state index in [0.29, 0.717) is 35.5 Å². The molecule has 0 nitrogen and oxygen atoms in total. The molecule has 0 amide bonds. The SMILES string of the molecule is Cc1ccc(C(c2ccc(C)cc2)(C2CCCC2)C2C3C=C(C(C)(C)C)C=CC3C3C=CC(C(C)(C)C)=CC32)cc1.[CH3-].[CH3-].[CH3-].[CH3-].[Hf+4]. The molecule has 0 radical (unpaired) electrons. The molecule has 6 rings (SSSR count). The van der Waals surface area contributed by atoms with Gasteiger partial charge in [0.05, 0.1) is 0 Å². The Bertz CT molecular complexity index is 1280. The second-order valence-electron chi connectivity index (χ2n) is 15.9. The molecule has 0 heterocycles. The molecule has 4 aliphatic carbocycles. The maximum atomic E-state index is 2.75. The van der Waals surface area contributed by atoms with E-state index in [0.717, 1.165) is 0 Å². The van der Waals surface area contributed by atoms with Crippen LogP contribution in [-0.2, 0) is 31.3 Å². The van der Waals surface area contributed by atoms with Gasteiger partial charge in [0, 0.05) is 5.41 Å². The summed E-state index contributed by atoms with van der Waals surface area (Å²) < 4.78 is 0. The summed E-state index contributed by atoms with van der Waals surface area (Å²) in [6, 6.07) is 19.6. The van der Waals surface area contributed by atoms with Gasteiger partial charge in [0.2, 0.25) is 0 Å². The fraction of sp³-hybridized carbons (Fsp3) is 0.467. The zero-order chi connectivity index (χ0) is 29.2. The Labute approximate surface area is 305 Å². The average molecular weight is 783 g/mol. The Hall–Kier alpha value is -1.73. The molecule has 0 aromatic heterocycles. The molecule has 2 aromatic rings. The zero-order valence-corrected chi connectivity index (χ0v) is 35.0. The summed E-state index contributed by atoms with van der Waals surface area (Å²) >= 11 is 0. The molecule has 0 spiro atoms. The molecular weight excluding hydrogens is 719 g/mol. The minimum atomic E-state index is -0.0322. The van der Waals surface area contributed by atoms with Gasteiger partial charge in [-0.25, -0.2) is 0 Å². The van der Waals surface area contributed by atoms with Gasteiger partial charge in [-0.2, -0.15) is 0 Å². The number of hydrogen-bond donors (Lipinski definition) is 0. The van der Waals surface area contributed by atoms with E-state index >= 15 is 0 Å². The number of benzene rings is 2. The Morgan fingerprint density at radius 3 is 1.20 bits per heavy atom. The van der Waals surface area contributed by atoms with E-state index in [1.165, 1.54) is 48.0 Å². The molecule has 4 atom stereocenters. The van der Waals surface area contributed by atoms with Crippen LogP contribution in [-0.4, -0.2) is 0 Å². The minimum absolute atomic E-state index is 0. The molecule has 0 N–H and O–H groups in total. The Kier molecular flexibility index (Phi) is 14.4. The predicted octanol–water partition coefficient (Wildman–Crippen LogP) is 12.8.